The predicted molar refractivity (Wildman–Crippen MR) is 123 cm³/mol. The van der Waals surface area contributed by atoms with E-state index in [-0.39, 0.29) is 42.1 Å². The Morgan fingerprint density at radius 1 is 1.17 bits per heavy atom. The molecule has 186 valence electrons. The number of pyridine rings is 1. The van der Waals surface area contributed by atoms with E-state index in [1.165, 1.54) is 12.0 Å². The van der Waals surface area contributed by atoms with Crippen molar-refractivity contribution < 1.29 is 22.7 Å². The van der Waals surface area contributed by atoms with Gasteiger partial charge in [-0.2, -0.15) is 0 Å². The van der Waals surface area contributed by atoms with E-state index in [9.17, 15) is 18.0 Å². The topological polar surface area (TPSA) is 108 Å². The molecule has 1 aliphatic carbocycles. The molecule has 0 aromatic carbocycles. The molecule has 0 unspecified atom stereocenters. The van der Waals surface area contributed by atoms with Gasteiger partial charge in [0.2, 0.25) is 0 Å². The molecule has 1 aliphatic heterocycles. The lowest BCUT2D eigenvalue weighted by molar-refractivity contribution is 0.195. The number of likely N-dealkylation sites (tertiary alicyclic amines) is 1. The summed E-state index contributed by atoms with van der Waals surface area (Å²) in [5.41, 5.74) is 0.820. The van der Waals surface area contributed by atoms with E-state index in [1.54, 1.807) is 6.20 Å². The van der Waals surface area contributed by atoms with Crippen LogP contribution >= 0.6 is 0 Å². The number of hydrogen-bond donors (Lipinski definition) is 3. The van der Waals surface area contributed by atoms with Gasteiger partial charge in [0, 0.05) is 24.8 Å². The first kappa shape index (κ1) is 23.2. The normalized spacial score (nSPS) is 22.4. The summed E-state index contributed by atoms with van der Waals surface area (Å²) in [5.74, 6) is -1.06. The third-order valence-electron chi connectivity index (χ3n) is 6.56. The van der Waals surface area contributed by atoms with Gasteiger partial charge in [0.05, 0.1) is 37.0 Å². The number of nitrogens with zero attached hydrogens (tertiary/aromatic N) is 4. The molecule has 0 radical (unpaired) electrons. The average Bonchev–Trinajstić information content (AvgIpc) is 3.47. The molecule has 1 saturated heterocycles. The maximum atomic E-state index is 14.6. The van der Waals surface area contributed by atoms with Gasteiger partial charge < -0.3 is 25.3 Å². The van der Waals surface area contributed by atoms with E-state index in [0.29, 0.717) is 36.0 Å². The number of amides is 2. The minimum Gasteiger partial charge on any atom is -0.493 e. The maximum Gasteiger partial charge on any atom is 0.317 e. The van der Waals surface area contributed by atoms with Gasteiger partial charge in [0.25, 0.3) is 0 Å². The minimum absolute atomic E-state index is 0.00312. The molecule has 4 heterocycles. The highest BCUT2D eigenvalue weighted by atomic mass is 19.1. The van der Waals surface area contributed by atoms with Crippen molar-refractivity contribution in [1.29, 1.82) is 0 Å². The van der Waals surface area contributed by atoms with Crippen molar-refractivity contribution in [1.82, 2.24) is 30.2 Å². The molecular weight excluding hydrogens is 463 g/mol. The van der Waals surface area contributed by atoms with Crippen LogP contribution in [0.3, 0.4) is 0 Å². The number of aromatic nitrogens is 4. The largest absolute Gasteiger partial charge is 0.493 e. The van der Waals surface area contributed by atoms with E-state index < -0.39 is 17.8 Å². The summed E-state index contributed by atoms with van der Waals surface area (Å²) in [7, 11) is 1.35. The van der Waals surface area contributed by atoms with Crippen molar-refractivity contribution in [2.75, 3.05) is 25.5 Å². The van der Waals surface area contributed by atoms with Crippen LogP contribution in [0.15, 0.2) is 18.6 Å². The van der Waals surface area contributed by atoms with Gasteiger partial charge in [-0.15, -0.1) is 0 Å². The standard InChI is InChI=1S/C23H26F3N7O2/c1-35-19-16(25)9-29-22-18(19)15(8-27-22)20-28-10-17(26)21(32-20)30-13-3-2-4-14(7-13)31-23(34)33-6-5-12(24)11-33/h8-10,12-14H,2-7,11H2,1H3,(H,27,29)(H,31,34)(H,28,30,32)/t12-,13+,14-/m1/s1. The molecule has 3 N–H and O–H groups in total. The highest BCUT2D eigenvalue weighted by Crippen LogP contribution is 2.35. The van der Waals surface area contributed by atoms with Gasteiger partial charge in [0.15, 0.2) is 29.0 Å². The van der Waals surface area contributed by atoms with Crippen LogP contribution in [0.5, 0.6) is 5.75 Å². The lowest BCUT2D eigenvalue weighted by Crippen LogP contribution is -2.47. The molecule has 5 rings (SSSR count). The third-order valence-corrected chi connectivity index (χ3v) is 6.56. The number of alkyl halides is 1. The number of halogens is 3. The van der Waals surface area contributed by atoms with Crippen LogP contribution in [0, 0.1) is 11.6 Å². The SMILES string of the molecule is COc1c(F)cnc2[nH]cc(-c3ncc(F)c(N[C@H]4CCC[C@@H](NC(=O)N5CC[C@@H](F)C5)C4)n3)c12. The molecule has 35 heavy (non-hydrogen) atoms. The average molecular weight is 490 g/mol. The lowest BCUT2D eigenvalue weighted by atomic mass is 9.91. The van der Waals surface area contributed by atoms with Gasteiger partial charge in [-0.3, -0.25) is 0 Å². The fraction of sp³-hybridized carbons (Fsp3) is 0.478. The second-order valence-corrected chi connectivity index (χ2v) is 8.94. The summed E-state index contributed by atoms with van der Waals surface area (Å²) in [5, 5.41) is 6.48. The van der Waals surface area contributed by atoms with Crippen LogP contribution in [-0.4, -0.2) is 69.3 Å². The van der Waals surface area contributed by atoms with Crippen LogP contribution in [0.4, 0.5) is 23.8 Å². The van der Waals surface area contributed by atoms with Crippen LogP contribution in [0.1, 0.15) is 32.1 Å². The number of rotatable bonds is 5. The number of fused-ring (bicyclic) bond motifs is 1. The van der Waals surface area contributed by atoms with E-state index >= 15 is 0 Å². The number of aromatic amines is 1. The number of carbonyl (C=O) groups is 1. The van der Waals surface area contributed by atoms with Crippen molar-refractivity contribution in [2.45, 2.75) is 50.4 Å². The van der Waals surface area contributed by atoms with Crippen LogP contribution in [0.2, 0.25) is 0 Å². The smallest absolute Gasteiger partial charge is 0.317 e. The molecule has 0 bridgehead atoms. The maximum absolute atomic E-state index is 14.6. The Balaban J connectivity index is 1.32. The monoisotopic (exact) mass is 489 g/mol. The summed E-state index contributed by atoms with van der Waals surface area (Å²) in [6.45, 7) is 0.529. The van der Waals surface area contributed by atoms with E-state index in [2.05, 4.69) is 30.6 Å². The first-order chi connectivity index (χ1) is 16.9. The van der Waals surface area contributed by atoms with E-state index in [1.807, 2.05) is 0 Å². The van der Waals surface area contributed by atoms with Crippen molar-refractivity contribution >= 4 is 22.9 Å². The first-order valence-corrected chi connectivity index (χ1v) is 11.6. The number of H-pyrrole nitrogens is 1. The summed E-state index contributed by atoms with van der Waals surface area (Å²) in [4.78, 5) is 29.3. The summed E-state index contributed by atoms with van der Waals surface area (Å²) >= 11 is 0. The van der Waals surface area contributed by atoms with Crippen LogP contribution < -0.4 is 15.4 Å². The Morgan fingerprint density at radius 2 is 1.97 bits per heavy atom. The Hall–Kier alpha value is -3.57. The van der Waals surface area contributed by atoms with Gasteiger partial charge in [-0.05, 0) is 32.1 Å². The first-order valence-electron chi connectivity index (χ1n) is 11.6. The number of carbonyl (C=O) groups excluding carboxylic acids is 1. The number of anilines is 1. The lowest BCUT2D eigenvalue weighted by Gasteiger charge is -2.32. The Kier molecular flexibility index (Phi) is 6.35. The molecular formula is C23H26F3N7O2. The number of hydrogen-bond acceptors (Lipinski definition) is 6. The molecule has 3 atom stereocenters. The highest BCUT2D eigenvalue weighted by molar-refractivity contribution is 5.96. The van der Waals surface area contributed by atoms with Gasteiger partial charge in [-0.25, -0.2) is 32.9 Å². The fourth-order valence-electron chi connectivity index (χ4n) is 4.83. The van der Waals surface area contributed by atoms with Gasteiger partial charge in [0.1, 0.15) is 11.8 Å². The van der Waals surface area contributed by atoms with Crippen molar-refractivity contribution in [2.24, 2.45) is 0 Å². The third kappa shape index (κ3) is 4.69. The van der Waals surface area contributed by atoms with Crippen molar-refractivity contribution in [3.63, 3.8) is 0 Å². The van der Waals surface area contributed by atoms with Gasteiger partial charge in [-0.1, -0.05) is 0 Å². The Labute approximate surface area is 199 Å². The van der Waals surface area contributed by atoms with Crippen molar-refractivity contribution in [3.8, 4) is 17.1 Å². The molecule has 2 fully saturated rings. The highest BCUT2D eigenvalue weighted by Gasteiger charge is 2.30. The van der Waals surface area contributed by atoms with E-state index in [4.69, 9.17) is 4.74 Å². The molecule has 1 saturated carbocycles. The predicted octanol–water partition coefficient (Wildman–Crippen LogP) is 3.78. The molecule has 3 aromatic rings. The molecule has 2 aliphatic rings. The zero-order chi connectivity index (χ0) is 24.5. The zero-order valence-corrected chi connectivity index (χ0v) is 19.2. The summed E-state index contributed by atoms with van der Waals surface area (Å²) in [6, 6.07) is -0.500. The number of methoxy groups -OCH3 is 1. The van der Waals surface area contributed by atoms with Gasteiger partial charge >= 0.3 is 6.03 Å². The molecule has 12 heteroatoms. The molecule has 0 spiro atoms. The minimum atomic E-state index is -0.971. The summed E-state index contributed by atoms with van der Waals surface area (Å²) < 4.78 is 47.5. The fourth-order valence-corrected chi connectivity index (χ4v) is 4.83. The molecule has 2 amide bonds. The summed E-state index contributed by atoms with van der Waals surface area (Å²) in [6.07, 6.45) is 6.06. The molecule has 3 aromatic heterocycles. The van der Waals surface area contributed by atoms with Crippen LogP contribution in [-0.2, 0) is 0 Å². The number of nitrogens with one attached hydrogen (secondary N) is 3. The number of urea groups is 1. The van der Waals surface area contributed by atoms with Crippen LogP contribution in [0.25, 0.3) is 22.4 Å². The second-order valence-electron chi connectivity index (χ2n) is 8.94. The molecule has 9 nitrogen and oxygen atoms in total. The zero-order valence-electron chi connectivity index (χ0n) is 19.2. The number of ether oxygens (including phenoxy) is 1. The van der Waals surface area contributed by atoms with E-state index in [0.717, 1.165) is 31.7 Å². The Morgan fingerprint density at radius 3 is 2.74 bits per heavy atom. The quantitative estimate of drug-likeness (QED) is 0.504. The Bertz CT molecular complexity index is 1240. The second kappa shape index (κ2) is 9.59. The van der Waals surface area contributed by atoms with Crippen molar-refractivity contribution in [3.05, 3.63) is 30.2 Å².